The number of terminal acetylenes is 1. The lowest BCUT2D eigenvalue weighted by Gasteiger charge is -2.15. The monoisotopic (exact) mass is 326 g/mol. The van der Waals surface area contributed by atoms with Gasteiger partial charge in [0.1, 0.15) is 6.61 Å². The summed E-state index contributed by atoms with van der Waals surface area (Å²) in [4.78, 5) is 10.6. The van der Waals surface area contributed by atoms with E-state index in [4.69, 9.17) is 11.2 Å². The van der Waals surface area contributed by atoms with Crippen molar-refractivity contribution in [2.24, 2.45) is 0 Å². The molecule has 23 heavy (non-hydrogen) atoms. The van der Waals surface area contributed by atoms with Gasteiger partial charge in [-0.1, -0.05) is 51.4 Å². The fourth-order valence-electron chi connectivity index (χ4n) is 2.56. The van der Waals surface area contributed by atoms with Crippen LogP contribution in [-0.2, 0) is 9.53 Å². The highest BCUT2D eigenvalue weighted by Crippen LogP contribution is 2.13. The van der Waals surface area contributed by atoms with Gasteiger partial charge in [-0.05, 0) is 12.8 Å². The zero-order valence-corrected chi connectivity index (χ0v) is 14.6. The second kappa shape index (κ2) is 15.8. The smallest absolute Gasteiger partial charge is 0.302 e. The van der Waals surface area contributed by atoms with E-state index >= 15 is 0 Å². The van der Waals surface area contributed by atoms with E-state index in [1.54, 1.807) is 0 Å². The molecule has 0 unspecified atom stereocenters. The Labute approximate surface area is 141 Å². The molecule has 4 heteroatoms. The first-order chi connectivity index (χ1) is 11.1. The molecule has 0 aliphatic carbocycles. The molecule has 0 heterocycles. The van der Waals surface area contributed by atoms with Crippen molar-refractivity contribution in [3.63, 3.8) is 0 Å². The van der Waals surface area contributed by atoms with Gasteiger partial charge in [-0.2, -0.15) is 0 Å². The van der Waals surface area contributed by atoms with E-state index in [1.165, 1.54) is 45.4 Å². The Kier molecular flexibility index (Phi) is 15.1. The Morgan fingerprint density at radius 3 is 2.00 bits per heavy atom. The van der Waals surface area contributed by atoms with Gasteiger partial charge in [0.2, 0.25) is 0 Å². The summed E-state index contributed by atoms with van der Waals surface area (Å²) in [6.45, 7) is 1.27. The maximum Gasteiger partial charge on any atom is 0.302 e. The van der Waals surface area contributed by atoms with Crippen LogP contribution >= 0.6 is 0 Å². The number of rotatable bonds is 15. The number of carbonyl (C=O) groups excluding carboxylic acids is 1. The Hall–Kier alpha value is -1.05. The quantitative estimate of drug-likeness (QED) is 0.274. The largest absolute Gasteiger partial charge is 0.463 e. The lowest BCUT2D eigenvalue weighted by atomic mass is 10.0. The minimum absolute atomic E-state index is 0.0340. The maximum absolute atomic E-state index is 10.6. The Morgan fingerprint density at radius 1 is 0.957 bits per heavy atom. The van der Waals surface area contributed by atoms with Gasteiger partial charge in [-0.15, -0.1) is 12.3 Å². The molecule has 0 aliphatic heterocycles. The molecule has 0 fully saturated rings. The number of carbonyl (C=O) groups is 1. The van der Waals surface area contributed by atoms with Crippen LogP contribution in [0.4, 0.5) is 0 Å². The third-order valence-corrected chi connectivity index (χ3v) is 3.88. The summed E-state index contributed by atoms with van der Waals surface area (Å²) in [5, 5.41) is 19.4. The molecular weight excluding hydrogens is 292 g/mol. The number of aliphatic hydroxyl groups is 2. The molecule has 0 bridgehead atoms. The van der Waals surface area contributed by atoms with Gasteiger partial charge in [0.25, 0.3) is 0 Å². The number of hydrogen-bond donors (Lipinski definition) is 2. The summed E-state index contributed by atoms with van der Waals surface area (Å²) in [5.74, 6) is 2.26. The first-order valence-corrected chi connectivity index (χ1v) is 8.99. The number of hydrogen-bond acceptors (Lipinski definition) is 4. The Morgan fingerprint density at radius 2 is 1.48 bits per heavy atom. The first-order valence-electron chi connectivity index (χ1n) is 8.99. The highest BCUT2D eigenvalue weighted by Gasteiger charge is 2.12. The highest BCUT2D eigenvalue weighted by molar-refractivity contribution is 5.65. The van der Waals surface area contributed by atoms with Crippen molar-refractivity contribution in [3.05, 3.63) is 0 Å². The van der Waals surface area contributed by atoms with Crippen molar-refractivity contribution in [2.45, 2.75) is 96.2 Å². The van der Waals surface area contributed by atoms with E-state index in [0.29, 0.717) is 6.42 Å². The first kappa shape index (κ1) is 21.9. The van der Waals surface area contributed by atoms with Crippen LogP contribution < -0.4 is 0 Å². The average Bonchev–Trinajstić information content (AvgIpc) is 2.50. The zero-order chi connectivity index (χ0) is 17.3. The van der Waals surface area contributed by atoms with E-state index in [1.807, 2.05) is 0 Å². The standard InChI is InChI=1S/C19H34O4/c1-3-4-5-6-7-8-9-10-11-12-13-14-18(21)15-19(22)16-23-17(2)20/h1,18-19,21-22H,4-16H2,2H3/t18-,19-/m0/s1. The highest BCUT2D eigenvalue weighted by atomic mass is 16.5. The van der Waals surface area contributed by atoms with E-state index in [0.717, 1.165) is 25.7 Å². The molecule has 134 valence electrons. The molecule has 0 aromatic rings. The van der Waals surface area contributed by atoms with Crippen LogP contribution in [0, 0.1) is 12.3 Å². The summed E-state index contributed by atoms with van der Waals surface area (Å²) >= 11 is 0. The van der Waals surface area contributed by atoms with Crippen LogP contribution in [0.5, 0.6) is 0 Å². The second-order valence-electron chi connectivity index (χ2n) is 6.27. The molecule has 0 amide bonds. The minimum atomic E-state index is -0.775. The van der Waals surface area contributed by atoms with E-state index < -0.39 is 18.2 Å². The van der Waals surface area contributed by atoms with E-state index in [9.17, 15) is 15.0 Å². The molecule has 2 N–H and O–H groups in total. The average molecular weight is 326 g/mol. The lowest BCUT2D eigenvalue weighted by molar-refractivity contribution is -0.144. The van der Waals surface area contributed by atoms with Crippen LogP contribution in [0.15, 0.2) is 0 Å². The van der Waals surface area contributed by atoms with Crippen molar-refractivity contribution < 1.29 is 19.7 Å². The van der Waals surface area contributed by atoms with E-state index in [2.05, 4.69) is 5.92 Å². The number of unbranched alkanes of at least 4 members (excludes halogenated alkanes) is 9. The molecule has 0 radical (unpaired) electrons. The van der Waals surface area contributed by atoms with Crippen molar-refractivity contribution in [1.29, 1.82) is 0 Å². The second-order valence-corrected chi connectivity index (χ2v) is 6.27. The zero-order valence-electron chi connectivity index (χ0n) is 14.6. The third kappa shape index (κ3) is 17.1. The summed E-state index contributed by atoms with van der Waals surface area (Å²) in [7, 11) is 0. The van der Waals surface area contributed by atoms with Crippen LogP contribution in [0.25, 0.3) is 0 Å². The lowest BCUT2D eigenvalue weighted by Crippen LogP contribution is -2.23. The molecule has 0 aromatic heterocycles. The minimum Gasteiger partial charge on any atom is -0.463 e. The van der Waals surface area contributed by atoms with Crippen LogP contribution in [0.2, 0.25) is 0 Å². The molecule has 0 aromatic carbocycles. The molecule has 2 atom stereocenters. The Bertz CT molecular complexity index is 322. The summed E-state index contributed by atoms with van der Waals surface area (Å²) in [6.07, 6.45) is 16.6. The molecule has 4 nitrogen and oxygen atoms in total. The molecule has 0 rings (SSSR count). The van der Waals surface area contributed by atoms with Crippen LogP contribution in [0.3, 0.4) is 0 Å². The molecule has 0 saturated carbocycles. The third-order valence-electron chi connectivity index (χ3n) is 3.88. The normalized spacial score (nSPS) is 13.3. The van der Waals surface area contributed by atoms with Gasteiger partial charge in [0.05, 0.1) is 12.2 Å². The van der Waals surface area contributed by atoms with Crippen LogP contribution in [-0.4, -0.2) is 35.0 Å². The molecule has 0 aliphatic rings. The van der Waals surface area contributed by atoms with Gasteiger partial charge in [0.15, 0.2) is 0 Å². The number of aliphatic hydroxyl groups excluding tert-OH is 2. The van der Waals surface area contributed by atoms with Crippen molar-refractivity contribution >= 4 is 5.97 Å². The summed E-state index contributed by atoms with van der Waals surface area (Å²) < 4.78 is 4.71. The topological polar surface area (TPSA) is 66.8 Å². The predicted octanol–water partition coefficient (Wildman–Crippen LogP) is 3.59. The van der Waals surface area contributed by atoms with Crippen LogP contribution in [0.1, 0.15) is 84.0 Å². The summed E-state index contributed by atoms with van der Waals surface area (Å²) in [6, 6.07) is 0. The Balaban J connectivity index is 3.30. The SMILES string of the molecule is C#CCCCCCCCCCCC[C@H](O)C[C@H](O)COC(C)=O. The number of ether oxygens (including phenoxy) is 1. The van der Waals surface area contributed by atoms with Crippen molar-refractivity contribution in [2.75, 3.05) is 6.61 Å². The molecular formula is C19H34O4. The van der Waals surface area contributed by atoms with E-state index in [-0.39, 0.29) is 13.0 Å². The van der Waals surface area contributed by atoms with Gasteiger partial charge >= 0.3 is 5.97 Å². The molecule has 0 spiro atoms. The fourth-order valence-corrected chi connectivity index (χ4v) is 2.56. The van der Waals surface area contributed by atoms with Gasteiger partial charge < -0.3 is 14.9 Å². The van der Waals surface area contributed by atoms with Gasteiger partial charge in [-0.3, -0.25) is 4.79 Å². The fraction of sp³-hybridized carbons (Fsp3) is 0.842. The molecule has 0 saturated heterocycles. The van der Waals surface area contributed by atoms with Gasteiger partial charge in [-0.25, -0.2) is 0 Å². The number of esters is 1. The van der Waals surface area contributed by atoms with Crippen molar-refractivity contribution in [3.8, 4) is 12.3 Å². The van der Waals surface area contributed by atoms with Crippen molar-refractivity contribution in [1.82, 2.24) is 0 Å². The van der Waals surface area contributed by atoms with Gasteiger partial charge in [0, 0.05) is 19.8 Å². The predicted molar refractivity (Wildman–Crippen MR) is 92.9 cm³/mol. The summed E-state index contributed by atoms with van der Waals surface area (Å²) in [5.41, 5.74) is 0. The maximum atomic E-state index is 10.6.